The third-order valence-corrected chi connectivity index (χ3v) is 4.75. The first-order valence-corrected chi connectivity index (χ1v) is 7.72. The van der Waals surface area contributed by atoms with Gasteiger partial charge in [0.25, 0.3) is 5.91 Å². The Bertz CT molecular complexity index is 545. The van der Waals surface area contributed by atoms with Crippen molar-refractivity contribution in [2.24, 2.45) is 5.92 Å². The average molecular weight is 438 g/mol. The monoisotopic (exact) mass is 437 g/mol. The summed E-state index contributed by atoms with van der Waals surface area (Å²) >= 11 is 5.43. The third kappa shape index (κ3) is 3.10. The SMILES string of the molecule is CC(NC(=O)c1cc(I)ccc1Br)(C(=O)O)C1CC1. The highest BCUT2D eigenvalue weighted by molar-refractivity contribution is 14.1. The fourth-order valence-electron chi connectivity index (χ4n) is 1.97. The molecule has 1 fully saturated rings. The second-order valence-electron chi connectivity index (χ2n) is 4.86. The van der Waals surface area contributed by atoms with E-state index in [-0.39, 0.29) is 11.8 Å². The van der Waals surface area contributed by atoms with Crippen LogP contribution in [0.5, 0.6) is 0 Å². The molecule has 1 aromatic carbocycles. The van der Waals surface area contributed by atoms with Crippen molar-refractivity contribution in [1.82, 2.24) is 5.32 Å². The molecular weight excluding hydrogens is 425 g/mol. The number of carbonyl (C=O) groups excluding carboxylic acids is 1. The zero-order valence-electron chi connectivity index (χ0n) is 10.2. The summed E-state index contributed by atoms with van der Waals surface area (Å²) in [6, 6.07) is 5.39. The highest BCUT2D eigenvalue weighted by Crippen LogP contribution is 2.40. The van der Waals surface area contributed by atoms with Crippen LogP contribution in [0.4, 0.5) is 0 Å². The normalized spacial score (nSPS) is 17.6. The molecular formula is C13H13BrINO3. The topological polar surface area (TPSA) is 66.4 Å². The lowest BCUT2D eigenvalue weighted by molar-refractivity contribution is -0.144. The Balaban J connectivity index is 2.25. The molecule has 0 radical (unpaired) electrons. The van der Waals surface area contributed by atoms with Crippen molar-refractivity contribution in [1.29, 1.82) is 0 Å². The minimum absolute atomic E-state index is 0.0236. The molecule has 1 saturated carbocycles. The van der Waals surface area contributed by atoms with E-state index in [1.807, 2.05) is 6.07 Å². The fraction of sp³-hybridized carbons (Fsp3) is 0.385. The highest BCUT2D eigenvalue weighted by Gasteiger charge is 2.48. The minimum atomic E-state index is -1.18. The number of carboxylic acid groups (broad SMARTS) is 1. The molecule has 2 rings (SSSR count). The van der Waals surface area contributed by atoms with E-state index < -0.39 is 11.5 Å². The molecule has 102 valence electrons. The van der Waals surface area contributed by atoms with Gasteiger partial charge in [0, 0.05) is 8.04 Å². The summed E-state index contributed by atoms with van der Waals surface area (Å²) in [6.07, 6.45) is 1.69. The van der Waals surface area contributed by atoms with Gasteiger partial charge in [-0.2, -0.15) is 0 Å². The zero-order valence-corrected chi connectivity index (χ0v) is 14.0. The number of benzene rings is 1. The summed E-state index contributed by atoms with van der Waals surface area (Å²) in [5, 5.41) is 12.0. The number of carboxylic acids is 1. The Hall–Kier alpha value is -0.630. The first kappa shape index (κ1) is 14.8. The lowest BCUT2D eigenvalue weighted by Crippen LogP contribution is -2.54. The minimum Gasteiger partial charge on any atom is -0.480 e. The molecule has 1 aliphatic carbocycles. The van der Waals surface area contributed by atoms with E-state index in [1.165, 1.54) is 0 Å². The van der Waals surface area contributed by atoms with Crippen molar-refractivity contribution in [3.63, 3.8) is 0 Å². The van der Waals surface area contributed by atoms with Gasteiger partial charge in [-0.1, -0.05) is 0 Å². The Morgan fingerprint density at radius 1 is 1.47 bits per heavy atom. The van der Waals surface area contributed by atoms with Crippen LogP contribution in [0.25, 0.3) is 0 Å². The van der Waals surface area contributed by atoms with Crippen molar-refractivity contribution in [3.05, 3.63) is 31.8 Å². The van der Waals surface area contributed by atoms with Crippen molar-refractivity contribution >= 4 is 50.4 Å². The van der Waals surface area contributed by atoms with E-state index in [4.69, 9.17) is 0 Å². The van der Waals surface area contributed by atoms with Crippen LogP contribution in [0, 0.1) is 9.49 Å². The molecule has 0 aliphatic heterocycles. The maximum absolute atomic E-state index is 12.3. The summed E-state index contributed by atoms with van der Waals surface area (Å²) in [5.74, 6) is -1.32. The van der Waals surface area contributed by atoms with E-state index in [9.17, 15) is 14.7 Å². The first-order chi connectivity index (χ1) is 8.84. The van der Waals surface area contributed by atoms with Gasteiger partial charge in [0.1, 0.15) is 5.54 Å². The maximum Gasteiger partial charge on any atom is 0.329 e. The summed E-state index contributed by atoms with van der Waals surface area (Å²) in [5.41, 5.74) is -0.724. The number of aliphatic carboxylic acids is 1. The molecule has 0 spiro atoms. The number of carbonyl (C=O) groups is 2. The van der Waals surface area contributed by atoms with Crippen LogP contribution in [-0.2, 0) is 4.79 Å². The predicted octanol–water partition coefficient (Wildman–Crippen LogP) is 3.04. The van der Waals surface area contributed by atoms with Crippen molar-refractivity contribution < 1.29 is 14.7 Å². The van der Waals surface area contributed by atoms with Crippen molar-refractivity contribution in [3.8, 4) is 0 Å². The fourth-order valence-corrected chi connectivity index (χ4v) is 2.88. The maximum atomic E-state index is 12.3. The van der Waals surface area contributed by atoms with Crippen LogP contribution in [-0.4, -0.2) is 22.5 Å². The van der Waals surface area contributed by atoms with Gasteiger partial charge in [-0.25, -0.2) is 4.79 Å². The largest absolute Gasteiger partial charge is 0.480 e. The van der Waals surface area contributed by atoms with E-state index in [0.29, 0.717) is 10.0 Å². The number of amides is 1. The molecule has 4 nitrogen and oxygen atoms in total. The standard InChI is InChI=1S/C13H13BrINO3/c1-13(12(18)19,7-2-3-7)16-11(17)9-6-8(15)4-5-10(9)14/h4-7H,2-3H2,1H3,(H,16,17)(H,18,19). The predicted molar refractivity (Wildman–Crippen MR) is 83.1 cm³/mol. The Morgan fingerprint density at radius 2 is 2.11 bits per heavy atom. The molecule has 0 aromatic heterocycles. The van der Waals surface area contributed by atoms with Gasteiger partial charge in [0.05, 0.1) is 5.56 Å². The van der Waals surface area contributed by atoms with Crippen LogP contribution in [0.15, 0.2) is 22.7 Å². The van der Waals surface area contributed by atoms with Crippen molar-refractivity contribution in [2.75, 3.05) is 0 Å². The quantitative estimate of drug-likeness (QED) is 0.711. The van der Waals surface area contributed by atoms with Gasteiger partial charge in [0.2, 0.25) is 0 Å². The Kier molecular flexibility index (Phi) is 4.20. The first-order valence-electron chi connectivity index (χ1n) is 5.85. The van der Waals surface area contributed by atoms with Crippen molar-refractivity contribution in [2.45, 2.75) is 25.3 Å². The van der Waals surface area contributed by atoms with Crippen LogP contribution < -0.4 is 5.32 Å². The van der Waals surface area contributed by atoms with E-state index >= 15 is 0 Å². The number of halogens is 2. The average Bonchev–Trinajstić information content (AvgIpc) is 3.16. The van der Waals surface area contributed by atoms with E-state index in [2.05, 4.69) is 43.8 Å². The van der Waals surface area contributed by atoms with Gasteiger partial charge in [-0.15, -0.1) is 0 Å². The number of hydrogen-bond donors (Lipinski definition) is 2. The molecule has 0 heterocycles. The molecule has 0 bridgehead atoms. The molecule has 1 aromatic rings. The molecule has 0 saturated heterocycles. The van der Waals surface area contributed by atoms with Gasteiger partial charge < -0.3 is 10.4 Å². The molecule has 1 unspecified atom stereocenters. The third-order valence-electron chi connectivity index (χ3n) is 3.38. The van der Waals surface area contributed by atoms with Crippen LogP contribution in [0.1, 0.15) is 30.1 Å². The lowest BCUT2D eigenvalue weighted by Gasteiger charge is -2.26. The van der Waals surface area contributed by atoms with Crippen LogP contribution in [0.2, 0.25) is 0 Å². The summed E-state index contributed by atoms with van der Waals surface area (Å²) in [4.78, 5) is 23.7. The molecule has 6 heteroatoms. The van der Waals surface area contributed by atoms with Gasteiger partial charge >= 0.3 is 5.97 Å². The number of rotatable bonds is 4. The number of nitrogens with one attached hydrogen (secondary N) is 1. The van der Waals surface area contributed by atoms with E-state index in [0.717, 1.165) is 16.4 Å². The molecule has 1 aliphatic rings. The van der Waals surface area contributed by atoms with Gasteiger partial charge in [0.15, 0.2) is 0 Å². The molecule has 1 atom stereocenters. The number of hydrogen-bond acceptors (Lipinski definition) is 2. The second-order valence-corrected chi connectivity index (χ2v) is 6.96. The molecule has 2 N–H and O–H groups in total. The Labute approximate surface area is 133 Å². The van der Waals surface area contributed by atoms with E-state index in [1.54, 1.807) is 19.1 Å². The molecule has 19 heavy (non-hydrogen) atoms. The summed E-state index contributed by atoms with van der Waals surface area (Å²) < 4.78 is 1.59. The lowest BCUT2D eigenvalue weighted by atomic mass is 9.95. The highest BCUT2D eigenvalue weighted by atomic mass is 127. The second kappa shape index (κ2) is 5.40. The summed E-state index contributed by atoms with van der Waals surface area (Å²) in [7, 11) is 0. The zero-order chi connectivity index (χ0) is 14.2. The smallest absolute Gasteiger partial charge is 0.329 e. The van der Waals surface area contributed by atoms with Crippen LogP contribution >= 0.6 is 38.5 Å². The van der Waals surface area contributed by atoms with Crippen LogP contribution in [0.3, 0.4) is 0 Å². The molecule has 1 amide bonds. The van der Waals surface area contributed by atoms with Gasteiger partial charge in [-0.3, -0.25) is 4.79 Å². The summed E-state index contributed by atoms with van der Waals surface area (Å²) in [6.45, 7) is 1.58. The van der Waals surface area contributed by atoms with Gasteiger partial charge in [-0.05, 0) is 82.4 Å². The Morgan fingerprint density at radius 3 is 2.63 bits per heavy atom.